The summed E-state index contributed by atoms with van der Waals surface area (Å²) in [6.07, 6.45) is 5.29. The predicted octanol–water partition coefficient (Wildman–Crippen LogP) is 3.40. The van der Waals surface area contributed by atoms with Gasteiger partial charge in [0, 0.05) is 11.8 Å². The minimum absolute atomic E-state index is 0.485. The summed E-state index contributed by atoms with van der Waals surface area (Å²) < 4.78 is 0. The molecule has 0 aliphatic carbocycles. The molecule has 1 N–H and O–H groups in total. The fourth-order valence-corrected chi connectivity index (χ4v) is 1.19. The lowest BCUT2D eigenvalue weighted by Gasteiger charge is -2.09. The van der Waals surface area contributed by atoms with Gasteiger partial charge in [0.2, 0.25) is 0 Å². The van der Waals surface area contributed by atoms with Crippen LogP contribution in [0.15, 0.2) is 31.6 Å². The number of nitrogens with zero attached hydrogens (tertiary/aromatic N) is 1. The van der Waals surface area contributed by atoms with Crippen molar-refractivity contribution < 1.29 is 0 Å². The van der Waals surface area contributed by atoms with Crippen LogP contribution in [0.3, 0.4) is 0 Å². The summed E-state index contributed by atoms with van der Waals surface area (Å²) >= 11 is 0. The molecule has 2 nitrogen and oxygen atoms in total. The maximum absolute atomic E-state index is 4.31. The first-order chi connectivity index (χ1) is 6.69. The van der Waals surface area contributed by atoms with Crippen molar-refractivity contribution in [3.63, 3.8) is 0 Å². The molecule has 14 heavy (non-hydrogen) atoms. The first-order valence-corrected chi connectivity index (χ1v) is 4.69. The summed E-state index contributed by atoms with van der Waals surface area (Å²) in [5.74, 6) is 1.29. The highest BCUT2D eigenvalue weighted by Gasteiger charge is 2.04. The first-order valence-electron chi connectivity index (χ1n) is 4.69. The zero-order chi connectivity index (χ0) is 10.6. The van der Waals surface area contributed by atoms with Crippen LogP contribution in [0, 0.1) is 0 Å². The second-order valence-corrected chi connectivity index (χ2v) is 3.41. The average Bonchev–Trinajstić information content (AvgIpc) is 2.18. The predicted molar refractivity (Wildman–Crippen MR) is 62.2 cm³/mol. The number of anilines is 1. The molecule has 1 aromatic heterocycles. The SMILES string of the molecule is C=CNc1ncc(C(C)C)cc1C=C. The quantitative estimate of drug-likeness (QED) is 0.783. The minimum atomic E-state index is 0.485. The third-order valence-electron chi connectivity index (χ3n) is 2.06. The molecular formula is C12H16N2. The van der Waals surface area contributed by atoms with Crippen LogP contribution < -0.4 is 5.32 Å². The second-order valence-electron chi connectivity index (χ2n) is 3.41. The average molecular weight is 188 g/mol. The lowest BCUT2D eigenvalue weighted by atomic mass is 10.0. The summed E-state index contributed by atoms with van der Waals surface area (Å²) in [6.45, 7) is 11.7. The molecule has 1 rings (SSSR count). The third kappa shape index (κ3) is 2.22. The summed E-state index contributed by atoms with van der Waals surface area (Å²) in [5.41, 5.74) is 2.23. The van der Waals surface area contributed by atoms with E-state index in [2.05, 4.69) is 43.4 Å². The molecule has 74 valence electrons. The van der Waals surface area contributed by atoms with E-state index in [1.54, 1.807) is 12.3 Å². The van der Waals surface area contributed by atoms with Gasteiger partial charge in [-0.05, 0) is 23.7 Å². The van der Waals surface area contributed by atoms with Gasteiger partial charge in [-0.1, -0.05) is 33.1 Å². The summed E-state index contributed by atoms with van der Waals surface area (Å²) in [4.78, 5) is 4.31. The van der Waals surface area contributed by atoms with E-state index in [4.69, 9.17) is 0 Å². The van der Waals surface area contributed by atoms with Gasteiger partial charge in [-0.2, -0.15) is 0 Å². The van der Waals surface area contributed by atoms with Gasteiger partial charge in [-0.15, -0.1) is 0 Å². The van der Waals surface area contributed by atoms with Gasteiger partial charge in [-0.25, -0.2) is 4.98 Å². The molecule has 0 aromatic carbocycles. The van der Waals surface area contributed by atoms with Crippen molar-refractivity contribution in [3.05, 3.63) is 42.7 Å². The van der Waals surface area contributed by atoms with Crippen molar-refractivity contribution in [2.24, 2.45) is 0 Å². The highest BCUT2D eigenvalue weighted by atomic mass is 15.0. The van der Waals surface area contributed by atoms with E-state index < -0.39 is 0 Å². The van der Waals surface area contributed by atoms with Gasteiger partial charge in [-0.3, -0.25) is 0 Å². The number of aromatic nitrogens is 1. The van der Waals surface area contributed by atoms with Gasteiger partial charge in [0.1, 0.15) is 5.82 Å². The fraction of sp³-hybridized carbons (Fsp3) is 0.250. The number of rotatable bonds is 4. The Morgan fingerprint density at radius 1 is 1.43 bits per heavy atom. The highest BCUT2D eigenvalue weighted by molar-refractivity contribution is 5.63. The maximum atomic E-state index is 4.31. The fourth-order valence-electron chi connectivity index (χ4n) is 1.19. The number of hydrogen-bond acceptors (Lipinski definition) is 2. The van der Waals surface area contributed by atoms with Crippen LogP contribution >= 0.6 is 0 Å². The van der Waals surface area contributed by atoms with E-state index in [0.29, 0.717) is 5.92 Å². The van der Waals surface area contributed by atoms with Crippen LogP contribution in [-0.4, -0.2) is 4.98 Å². The Bertz CT molecular complexity index is 340. The van der Waals surface area contributed by atoms with E-state index in [1.165, 1.54) is 5.56 Å². The molecule has 0 saturated carbocycles. The van der Waals surface area contributed by atoms with Crippen LogP contribution in [0.25, 0.3) is 6.08 Å². The van der Waals surface area contributed by atoms with Crippen molar-refractivity contribution in [2.45, 2.75) is 19.8 Å². The molecule has 0 spiro atoms. The van der Waals surface area contributed by atoms with Crippen molar-refractivity contribution >= 4 is 11.9 Å². The van der Waals surface area contributed by atoms with Crippen molar-refractivity contribution in [1.29, 1.82) is 0 Å². The van der Waals surface area contributed by atoms with Gasteiger partial charge < -0.3 is 5.32 Å². The molecule has 0 aliphatic heterocycles. The Balaban J connectivity index is 3.10. The van der Waals surface area contributed by atoms with E-state index in [1.807, 2.05) is 6.20 Å². The number of pyridine rings is 1. The van der Waals surface area contributed by atoms with Gasteiger partial charge in [0.15, 0.2) is 0 Å². The van der Waals surface area contributed by atoms with Crippen molar-refractivity contribution in [3.8, 4) is 0 Å². The number of nitrogens with one attached hydrogen (secondary N) is 1. The van der Waals surface area contributed by atoms with E-state index in [9.17, 15) is 0 Å². The molecule has 1 heterocycles. The van der Waals surface area contributed by atoms with Crippen LogP contribution in [0.5, 0.6) is 0 Å². The van der Waals surface area contributed by atoms with Crippen LogP contribution in [0.2, 0.25) is 0 Å². The molecule has 2 heteroatoms. The Morgan fingerprint density at radius 2 is 2.14 bits per heavy atom. The Labute approximate surface area is 85.4 Å². The van der Waals surface area contributed by atoms with Crippen molar-refractivity contribution in [1.82, 2.24) is 4.98 Å². The largest absolute Gasteiger partial charge is 0.347 e. The first kappa shape index (κ1) is 10.5. The van der Waals surface area contributed by atoms with Crippen LogP contribution in [0.1, 0.15) is 30.9 Å². The van der Waals surface area contributed by atoms with Crippen molar-refractivity contribution in [2.75, 3.05) is 5.32 Å². The van der Waals surface area contributed by atoms with Gasteiger partial charge in [0.05, 0.1) is 0 Å². The lowest BCUT2D eigenvalue weighted by molar-refractivity contribution is 0.858. The molecule has 0 unspecified atom stereocenters. The standard InChI is InChI=1S/C12H16N2/c1-5-10-7-11(9(3)4)8-14-12(10)13-6-2/h5-9H,1-2H2,3-4H3,(H,13,14). The van der Waals surface area contributed by atoms with Gasteiger partial charge >= 0.3 is 0 Å². The normalized spacial score (nSPS) is 9.93. The number of hydrogen-bond donors (Lipinski definition) is 1. The third-order valence-corrected chi connectivity index (χ3v) is 2.06. The molecule has 1 aromatic rings. The molecule has 0 saturated heterocycles. The summed E-state index contributed by atoms with van der Waals surface area (Å²) in [6, 6.07) is 2.09. The molecule has 0 amide bonds. The van der Waals surface area contributed by atoms with Crippen LogP contribution in [0.4, 0.5) is 5.82 Å². The second kappa shape index (κ2) is 4.61. The molecule has 0 bridgehead atoms. The van der Waals surface area contributed by atoms with Gasteiger partial charge in [0.25, 0.3) is 0 Å². The molecule has 0 fully saturated rings. The Hall–Kier alpha value is -1.57. The smallest absolute Gasteiger partial charge is 0.137 e. The molecule has 0 aliphatic rings. The maximum Gasteiger partial charge on any atom is 0.137 e. The minimum Gasteiger partial charge on any atom is -0.347 e. The Kier molecular flexibility index (Phi) is 3.46. The highest BCUT2D eigenvalue weighted by Crippen LogP contribution is 2.20. The zero-order valence-corrected chi connectivity index (χ0v) is 8.75. The van der Waals surface area contributed by atoms with E-state index in [-0.39, 0.29) is 0 Å². The molecule has 0 radical (unpaired) electrons. The summed E-state index contributed by atoms with van der Waals surface area (Å²) in [5, 5.41) is 2.97. The monoisotopic (exact) mass is 188 g/mol. The lowest BCUT2D eigenvalue weighted by Crippen LogP contribution is -1.97. The Morgan fingerprint density at radius 3 is 2.64 bits per heavy atom. The zero-order valence-electron chi connectivity index (χ0n) is 8.75. The summed E-state index contributed by atoms with van der Waals surface area (Å²) in [7, 11) is 0. The van der Waals surface area contributed by atoms with E-state index in [0.717, 1.165) is 11.4 Å². The molecule has 0 atom stereocenters. The van der Waals surface area contributed by atoms with E-state index >= 15 is 0 Å². The van der Waals surface area contributed by atoms with Crippen LogP contribution in [-0.2, 0) is 0 Å². The molecular weight excluding hydrogens is 172 g/mol. The topological polar surface area (TPSA) is 24.9 Å².